The molecule has 0 saturated heterocycles. The molecule has 13 rings (SSSR count). The highest BCUT2D eigenvalue weighted by atomic mass is 16.3. The van der Waals surface area contributed by atoms with Crippen molar-refractivity contribution in [2.75, 3.05) is 4.90 Å². The van der Waals surface area contributed by atoms with Gasteiger partial charge in [0.1, 0.15) is 11.2 Å². The average molecular weight is 829 g/mol. The van der Waals surface area contributed by atoms with Crippen molar-refractivity contribution in [1.82, 2.24) is 4.57 Å². The van der Waals surface area contributed by atoms with Crippen molar-refractivity contribution in [3.8, 4) is 39.1 Å². The molecule has 0 amide bonds. The third-order valence-electron chi connectivity index (χ3n) is 13.2. The molecule has 65 heavy (non-hydrogen) atoms. The van der Waals surface area contributed by atoms with Crippen LogP contribution in [-0.2, 0) is 0 Å². The van der Waals surface area contributed by atoms with Gasteiger partial charge in [0.25, 0.3) is 0 Å². The predicted molar refractivity (Wildman–Crippen MR) is 274 cm³/mol. The summed E-state index contributed by atoms with van der Waals surface area (Å²) in [5.74, 6) is 0. The molecule has 0 atom stereocenters. The summed E-state index contributed by atoms with van der Waals surface area (Å²) in [7, 11) is 0. The molecule has 0 fully saturated rings. The van der Waals surface area contributed by atoms with E-state index in [9.17, 15) is 0 Å². The van der Waals surface area contributed by atoms with Gasteiger partial charge in [-0.2, -0.15) is 0 Å². The maximum Gasteiger partial charge on any atom is 0.136 e. The Morgan fingerprint density at radius 2 is 0.785 bits per heavy atom. The monoisotopic (exact) mass is 828 g/mol. The van der Waals surface area contributed by atoms with Crippen molar-refractivity contribution in [3.63, 3.8) is 0 Å². The van der Waals surface area contributed by atoms with Crippen LogP contribution in [0.5, 0.6) is 0 Å². The highest BCUT2D eigenvalue weighted by molar-refractivity contribution is 6.15. The number of furan rings is 1. The number of benzene rings is 11. The van der Waals surface area contributed by atoms with E-state index in [-0.39, 0.29) is 0 Å². The Labute approximate surface area is 376 Å². The van der Waals surface area contributed by atoms with Gasteiger partial charge in [0.05, 0.1) is 16.7 Å². The summed E-state index contributed by atoms with van der Waals surface area (Å²) in [5, 5.41) is 9.70. The fraction of sp³-hybridized carbons (Fsp3) is 0. The summed E-state index contributed by atoms with van der Waals surface area (Å²) in [5.41, 5.74) is 15.6. The molecule has 2 aromatic heterocycles. The lowest BCUT2D eigenvalue weighted by Gasteiger charge is -2.28. The quantitative estimate of drug-likeness (QED) is 0.149. The molecular weight excluding hydrogens is 789 g/mol. The average Bonchev–Trinajstić information content (AvgIpc) is 3.92. The smallest absolute Gasteiger partial charge is 0.136 e. The number of hydrogen-bond acceptors (Lipinski definition) is 2. The van der Waals surface area contributed by atoms with E-state index in [1.807, 2.05) is 12.1 Å². The molecule has 3 heteroatoms. The summed E-state index contributed by atoms with van der Waals surface area (Å²) in [6, 6.07) is 87.8. The Kier molecular flexibility index (Phi) is 8.53. The molecule has 13 aromatic rings. The number of aromatic nitrogens is 1. The van der Waals surface area contributed by atoms with E-state index < -0.39 is 0 Å². The zero-order valence-corrected chi connectivity index (χ0v) is 35.4. The van der Waals surface area contributed by atoms with Crippen LogP contribution in [0, 0.1) is 0 Å². The van der Waals surface area contributed by atoms with Crippen LogP contribution in [0.25, 0.3) is 104 Å². The predicted octanol–water partition coefficient (Wildman–Crippen LogP) is 17.5. The minimum atomic E-state index is 0.903. The highest BCUT2D eigenvalue weighted by Gasteiger charge is 2.19. The van der Waals surface area contributed by atoms with Crippen LogP contribution in [0.15, 0.2) is 247 Å². The van der Waals surface area contributed by atoms with E-state index in [1.54, 1.807) is 0 Å². The van der Waals surface area contributed by atoms with Crippen LogP contribution in [0.4, 0.5) is 17.1 Å². The van der Waals surface area contributed by atoms with Crippen LogP contribution in [0.3, 0.4) is 0 Å². The molecule has 0 N–H and O–H groups in total. The third kappa shape index (κ3) is 6.20. The van der Waals surface area contributed by atoms with E-state index >= 15 is 0 Å². The molecule has 0 spiro atoms. The first-order chi connectivity index (χ1) is 32.2. The molecule has 3 nitrogen and oxygen atoms in total. The summed E-state index contributed by atoms with van der Waals surface area (Å²) >= 11 is 0. The maximum absolute atomic E-state index is 6.26. The Hall–Kier alpha value is -8.66. The molecule has 0 radical (unpaired) electrons. The van der Waals surface area contributed by atoms with Crippen molar-refractivity contribution >= 4 is 82.4 Å². The normalized spacial score (nSPS) is 11.7. The number of nitrogens with zero attached hydrogens (tertiary/aromatic N) is 2. The summed E-state index contributed by atoms with van der Waals surface area (Å²) in [6.07, 6.45) is 0. The van der Waals surface area contributed by atoms with E-state index in [0.717, 1.165) is 72.5 Å². The van der Waals surface area contributed by atoms with Gasteiger partial charge in [0, 0.05) is 44.0 Å². The van der Waals surface area contributed by atoms with Gasteiger partial charge in [-0.05, 0) is 128 Å². The lowest BCUT2D eigenvalue weighted by molar-refractivity contribution is 0.669. The van der Waals surface area contributed by atoms with Gasteiger partial charge in [0.15, 0.2) is 0 Å². The molecule has 0 aliphatic carbocycles. The van der Waals surface area contributed by atoms with E-state index in [4.69, 9.17) is 4.42 Å². The van der Waals surface area contributed by atoms with Crippen molar-refractivity contribution in [3.05, 3.63) is 243 Å². The van der Waals surface area contributed by atoms with Crippen LogP contribution >= 0.6 is 0 Å². The lowest BCUT2D eigenvalue weighted by atomic mass is 9.97. The first kappa shape index (κ1) is 36.9. The van der Waals surface area contributed by atoms with Gasteiger partial charge in [-0.25, -0.2) is 0 Å². The van der Waals surface area contributed by atoms with Gasteiger partial charge in [-0.1, -0.05) is 164 Å². The summed E-state index contributed by atoms with van der Waals surface area (Å²) in [6.45, 7) is 0. The van der Waals surface area contributed by atoms with Crippen LogP contribution < -0.4 is 4.90 Å². The number of fused-ring (bicyclic) bond motifs is 9. The van der Waals surface area contributed by atoms with Crippen LogP contribution in [0.2, 0.25) is 0 Å². The zero-order valence-electron chi connectivity index (χ0n) is 35.4. The van der Waals surface area contributed by atoms with Crippen molar-refractivity contribution in [1.29, 1.82) is 0 Å². The lowest BCUT2D eigenvalue weighted by Crippen LogP contribution is -2.10. The van der Waals surface area contributed by atoms with Gasteiger partial charge in [-0.3, -0.25) is 0 Å². The molecule has 304 valence electrons. The molecule has 0 saturated carbocycles. The topological polar surface area (TPSA) is 21.3 Å². The second-order valence-electron chi connectivity index (χ2n) is 16.9. The SMILES string of the molecule is c1cc(-c2ccc(N(c3ccc(-c4cccc(-n5c6ccccc6c6ccccc65)c4)cc3)c3cc4ccccc4c4ccccc34)cc2)cc(-c2ccc3c(c2)oc2ccccc23)c1. The van der Waals surface area contributed by atoms with Crippen LogP contribution in [0.1, 0.15) is 0 Å². The van der Waals surface area contributed by atoms with E-state index in [1.165, 1.54) is 48.9 Å². The Balaban J connectivity index is 0.892. The standard InChI is InChI=1S/C62H40N2O/c1-2-18-51-47(13-1)39-60(53-20-4-3-19-52(51)53)63(48-32-27-41(28-33-48)43-14-11-15-44(37-43)46-31-36-57-56-23-7-10-26-61(56)65-62(57)40-46)49-34-29-42(30-35-49)45-16-12-17-50(38-45)64-58-24-8-5-21-54(58)55-22-6-9-25-59(55)64/h1-40H. The second kappa shape index (κ2) is 15.0. The zero-order chi connectivity index (χ0) is 42.8. The van der Waals surface area contributed by atoms with E-state index in [2.05, 4.69) is 240 Å². The minimum absolute atomic E-state index is 0.903. The molecule has 0 aliphatic heterocycles. The molecular formula is C62H40N2O. The van der Waals surface area contributed by atoms with Gasteiger partial charge in [0.2, 0.25) is 0 Å². The highest BCUT2D eigenvalue weighted by Crippen LogP contribution is 2.43. The molecule has 11 aromatic carbocycles. The number of rotatable bonds is 7. The number of hydrogen-bond donors (Lipinski definition) is 0. The molecule has 0 bridgehead atoms. The first-order valence-electron chi connectivity index (χ1n) is 22.2. The molecule has 2 heterocycles. The van der Waals surface area contributed by atoms with Crippen molar-refractivity contribution in [2.45, 2.75) is 0 Å². The maximum atomic E-state index is 6.26. The van der Waals surface area contributed by atoms with Gasteiger partial charge in [-0.15, -0.1) is 0 Å². The summed E-state index contributed by atoms with van der Waals surface area (Å²) in [4.78, 5) is 2.41. The number of anilines is 3. The molecule has 0 aliphatic rings. The van der Waals surface area contributed by atoms with Crippen LogP contribution in [-0.4, -0.2) is 4.57 Å². The van der Waals surface area contributed by atoms with Crippen molar-refractivity contribution < 1.29 is 4.42 Å². The minimum Gasteiger partial charge on any atom is -0.456 e. The largest absolute Gasteiger partial charge is 0.456 e. The number of para-hydroxylation sites is 3. The first-order valence-corrected chi connectivity index (χ1v) is 22.2. The second-order valence-corrected chi connectivity index (χ2v) is 16.9. The van der Waals surface area contributed by atoms with Crippen molar-refractivity contribution in [2.24, 2.45) is 0 Å². The fourth-order valence-corrected chi connectivity index (χ4v) is 10.1. The van der Waals surface area contributed by atoms with Gasteiger partial charge >= 0.3 is 0 Å². The Morgan fingerprint density at radius 3 is 1.48 bits per heavy atom. The molecule has 0 unspecified atom stereocenters. The fourth-order valence-electron chi connectivity index (χ4n) is 10.1. The summed E-state index contributed by atoms with van der Waals surface area (Å²) < 4.78 is 8.64. The Morgan fingerprint density at radius 1 is 0.292 bits per heavy atom. The Bertz CT molecular complexity index is 3900. The van der Waals surface area contributed by atoms with Gasteiger partial charge < -0.3 is 13.9 Å². The third-order valence-corrected chi connectivity index (χ3v) is 13.2. The van der Waals surface area contributed by atoms with E-state index in [0.29, 0.717) is 0 Å².